The van der Waals surface area contributed by atoms with Gasteiger partial charge in [-0.1, -0.05) is 43.7 Å². The Kier molecular flexibility index (Phi) is 8.74. The number of piperidine rings is 1. The topological polar surface area (TPSA) is 97.7 Å². The van der Waals surface area contributed by atoms with Crippen LogP contribution in [0.4, 0.5) is 21.9 Å². The second kappa shape index (κ2) is 12.0. The van der Waals surface area contributed by atoms with Crippen molar-refractivity contribution in [2.24, 2.45) is 0 Å². The Morgan fingerprint density at radius 3 is 2.43 bits per heavy atom. The molecule has 3 N–H and O–H groups in total. The third kappa shape index (κ3) is 6.20. The van der Waals surface area contributed by atoms with E-state index < -0.39 is 17.1 Å². The smallest absolute Gasteiger partial charge is 0.433 e. The number of benzene rings is 2. The highest BCUT2D eigenvalue weighted by molar-refractivity contribution is 8.27. The molecule has 1 saturated heterocycles. The van der Waals surface area contributed by atoms with Gasteiger partial charge in [-0.15, -0.1) is 5.06 Å². The summed E-state index contributed by atoms with van der Waals surface area (Å²) in [6.45, 7) is 5.02. The number of anilines is 3. The number of unbranched alkanes of at least 4 members (excludes halogenated alkanes) is 1. The second-order valence-electron chi connectivity index (χ2n) is 8.76. The van der Waals surface area contributed by atoms with Gasteiger partial charge in [0.2, 0.25) is 0 Å². The fourth-order valence-corrected chi connectivity index (χ4v) is 6.22. The van der Waals surface area contributed by atoms with Gasteiger partial charge in [-0.3, -0.25) is 13.4 Å². The van der Waals surface area contributed by atoms with Crippen molar-refractivity contribution in [3.8, 4) is 0 Å². The number of hydrogen-bond acceptors (Lipinski definition) is 9. The zero-order valence-electron chi connectivity index (χ0n) is 20.2. The molecule has 4 rings (SSSR count). The van der Waals surface area contributed by atoms with E-state index in [0.29, 0.717) is 32.3 Å². The molecule has 2 heterocycles. The summed E-state index contributed by atoms with van der Waals surface area (Å²) in [6, 6.07) is 17.5. The molecule has 0 bridgehead atoms. The van der Waals surface area contributed by atoms with Crippen LogP contribution < -0.4 is 13.9 Å². The normalized spacial score (nSPS) is 18.8. The standard InChI is InChI=1S/C25H36N4O5S/c1-2-3-20-33-25(30)34-27-18-14-21(15-19-27)26-16-9-17-28-23-12-7-8-13-24(23)29(35(28,31)32)22-10-5-4-6-11-22/h4-8,10-13,21,26,31-32H,2-3,9,14-20H2,1H3. The SMILES string of the molecule is CCCCOC(=O)ON1CCC(NCCCN2c3ccccc3N(c3ccccc3)S2(O)O)CC1. The molecule has 2 aliphatic heterocycles. The third-order valence-corrected chi connectivity index (χ3v) is 8.11. The van der Waals surface area contributed by atoms with Gasteiger partial charge in [0.05, 0.1) is 23.7 Å². The highest BCUT2D eigenvalue weighted by atomic mass is 32.3. The number of hydrogen-bond donors (Lipinski definition) is 3. The highest BCUT2D eigenvalue weighted by Crippen LogP contribution is 2.63. The molecule has 0 aliphatic carbocycles. The summed E-state index contributed by atoms with van der Waals surface area (Å²) < 4.78 is 30.8. The van der Waals surface area contributed by atoms with Crippen molar-refractivity contribution in [2.75, 3.05) is 41.4 Å². The van der Waals surface area contributed by atoms with E-state index in [1.54, 1.807) is 13.7 Å². The number of carbonyl (C=O) groups excluding carboxylic acids is 1. The number of carbonyl (C=O) groups is 1. The van der Waals surface area contributed by atoms with Gasteiger partial charge < -0.3 is 14.9 Å². The Hall–Kier alpha value is -2.50. The monoisotopic (exact) mass is 504 g/mol. The summed E-state index contributed by atoms with van der Waals surface area (Å²) in [5.41, 5.74) is 2.38. The van der Waals surface area contributed by atoms with Crippen LogP contribution in [0.3, 0.4) is 0 Å². The number of ether oxygens (including phenoxy) is 1. The van der Waals surface area contributed by atoms with Gasteiger partial charge in [0, 0.05) is 25.7 Å². The van der Waals surface area contributed by atoms with Crippen molar-refractivity contribution >= 4 is 34.2 Å². The van der Waals surface area contributed by atoms with Crippen LogP contribution in [0.2, 0.25) is 0 Å². The van der Waals surface area contributed by atoms with E-state index >= 15 is 0 Å². The quantitative estimate of drug-likeness (QED) is 0.285. The van der Waals surface area contributed by atoms with Crippen molar-refractivity contribution in [1.29, 1.82) is 0 Å². The zero-order valence-corrected chi connectivity index (χ0v) is 21.0. The summed E-state index contributed by atoms with van der Waals surface area (Å²) in [5, 5.41) is 5.23. The van der Waals surface area contributed by atoms with Gasteiger partial charge in [0.15, 0.2) is 0 Å². The molecule has 0 unspecified atom stereocenters. The molecule has 1 fully saturated rings. The fourth-order valence-electron chi connectivity index (χ4n) is 4.41. The van der Waals surface area contributed by atoms with Crippen molar-refractivity contribution in [3.05, 3.63) is 54.6 Å². The molecule has 0 radical (unpaired) electrons. The largest absolute Gasteiger partial charge is 0.527 e. The second-order valence-corrected chi connectivity index (χ2v) is 10.6. The van der Waals surface area contributed by atoms with E-state index in [2.05, 4.69) is 5.32 Å². The Morgan fingerprint density at radius 1 is 1.03 bits per heavy atom. The number of rotatable bonds is 10. The lowest BCUT2D eigenvalue weighted by Gasteiger charge is -2.44. The van der Waals surface area contributed by atoms with Crippen molar-refractivity contribution in [1.82, 2.24) is 10.4 Å². The van der Waals surface area contributed by atoms with Gasteiger partial charge >= 0.3 is 6.16 Å². The molecule has 192 valence electrons. The van der Waals surface area contributed by atoms with Crippen molar-refractivity contribution < 1.29 is 23.5 Å². The van der Waals surface area contributed by atoms with Gasteiger partial charge in [0.25, 0.3) is 0 Å². The summed E-state index contributed by atoms with van der Waals surface area (Å²) in [5.74, 6) is 0. The summed E-state index contributed by atoms with van der Waals surface area (Å²) in [4.78, 5) is 17.0. The number of fused-ring (bicyclic) bond motifs is 1. The van der Waals surface area contributed by atoms with Gasteiger partial charge in [-0.25, -0.2) is 9.10 Å². The van der Waals surface area contributed by atoms with Gasteiger partial charge in [0.1, 0.15) is 0 Å². The van der Waals surface area contributed by atoms with Crippen LogP contribution in [0.5, 0.6) is 0 Å². The molecule has 35 heavy (non-hydrogen) atoms. The molecular weight excluding hydrogens is 468 g/mol. The maximum absolute atomic E-state index is 11.7. The summed E-state index contributed by atoms with van der Waals surface area (Å²) in [7, 11) is -3.20. The lowest BCUT2D eigenvalue weighted by molar-refractivity contribution is -0.140. The van der Waals surface area contributed by atoms with Crippen LogP contribution >= 0.6 is 11.0 Å². The number of nitrogens with zero attached hydrogens (tertiary/aromatic N) is 3. The Morgan fingerprint density at radius 2 is 1.71 bits per heavy atom. The van der Waals surface area contributed by atoms with E-state index in [-0.39, 0.29) is 0 Å². The van der Waals surface area contributed by atoms with Crippen LogP contribution in [0.15, 0.2) is 54.6 Å². The molecule has 9 nitrogen and oxygen atoms in total. The predicted molar refractivity (Wildman–Crippen MR) is 140 cm³/mol. The molecule has 0 amide bonds. The first-order valence-electron chi connectivity index (χ1n) is 12.3. The van der Waals surface area contributed by atoms with Crippen molar-refractivity contribution in [3.63, 3.8) is 0 Å². The Balaban J connectivity index is 1.24. The van der Waals surface area contributed by atoms with E-state index in [4.69, 9.17) is 9.57 Å². The Labute approximate surface area is 209 Å². The van der Waals surface area contributed by atoms with E-state index in [9.17, 15) is 13.9 Å². The maximum atomic E-state index is 11.7. The molecule has 0 saturated carbocycles. The molecule has 0 atom stereocenters. The first-order chi connectivity index (χ1) is 17.0. The van der Waals surface area contributed by atoms with Crippen LogP contribution in [0.1, 0.15) is 39.0 Å². The van der Waals surface area contributed by atoms with E-state index in [0.717, 1.165) is 55.7 Å². The first-order valence-corrected chi connectivity index (χ1v) is 13.8. The average molecular weight is 505 g/mol. The van der Waals surface area contributed by atoms with Crippen LogP contribution in [0.25, 0.3) is 0 Å². The van der Waals surface area contributed by atoms with Crippen molar-refractivity contribution in [2.45, 2.75) is 45.1 Å². The lowest BCUT2D eigenvalue weighted by Crippen LogP contribution is -2.44. The summed E-state index contributed by atoms with van der Waals surface area (Å²) in [6.07, 6.45) is 3.67. The van der Waals surface area contributed by atoms with Gasteiger partial charge in [-0.05, 0) is 67.5 Å². The van der Waals surface area contributed by atoms with E-state index in [1.807, 2.05) is 61.5 Å². The molecule has 0 aromatic heterocycles. The molecular formula is C25H36N4O5S. The minimum Gasteiger partial charge on any atom is -0.433 e. The predicted octanol–water partition coefficient (Wildman–Crippen LogP) is 5.54. The third-order valence-electron chi connectivity index (χ3n) is 6.25. The minimum atomic E-state index is -3.20. The number of hydroxylamine groups is 2. The molecule has 2 aromatic rings. The zero-order chi connectivity index (χ0) is 24.7. The first kappa shape index (κ1) is 25.6. The van der Waals surface area contributed by atoms with Crippen LogP contribution in [-0.2, 0) is 9.57 Å². The number of nitrogens with one attached hydrogen (secondary N) is 1. The van der Waals surface area contributed by atoms with E-state index in [1.165, 1.54) is 0 Å². The molecule has 10 heteroatoms. The minimum absolute atomic E-state index is 0.331. The Bertz CT molecular complexity index is 956. The van der Waals surface area contributed by atoms with Crippen LogP contribution in [0, 0.1) is 0 Å². The summed E-state index contributed by atoms with van der Waals surface area (Å²) >= 11 is 0. The molecule has 2 aromatic carbocycles. The fraction of sp³-hybridized carbons (Fsp3) is 0.480. The highest BCUT2D eigenvalue weighted by Gasteiger charge is 2.41. The van der Waals surface area contributed by atoms with Crippen LogP contribution in [-0.4, -0.2) is 59.2 Å². The molecule has 0 spiro atoms. The number of para-hydroxylation sites is 3. The molecule has 2 aliphatic rings. The van der Waals surface area contributed by atoms with Gasteiger partial charge in [-0.2, -0.15) is 0 Å². The lowest BCUT2D eigenvalue weighted by atomic mass is 10.1. The average Bonchev–Trinajstić information content (AvgIpc) is 3.09. The maximum Gasteiger partial charge on any atom is 0.527 e.